The van der Waals surface area contributed by atoms with E-state index in [0.717, 1.165) is 5.56 Å². The number of rotatable bonds is 3. The van der Waals surface area contributed by atoms with Crippen LogP contribution in [0.2, 0.25) is 10.0 Å². The van der Waals surface area contributed by atoms with Gasteiger partial charge in [-0.15, -0.1) is 0 Å². The molecule has 19 heavy (non-hydrogen) atoms. The molecule has 1 aromatic rings. The van der Waals surface area contributed by atoms with Gasteiger partial charge >= 0.3 is 0 Å². The zero-order chi connectivity index (χ0) is 14.0. The quantitative estimate of drug-likeness (QED) is 0.927. The Bertz CT molecular complexity index is 519. The SMILES string of the molecule is CC1C(=O)NCC(=O)N1CCc1ccc(Cl)cc1Cl. The van der Waals surface area contributed by atoms with Gasteiger partial charge in [0.1, 0.15) is 6.04 Å². The fraction of sp³-hybridized carbons (Fsp3) is 0.385. The minimum absolute atomic E-state index is 0.0670. The average molecular weight is 301 g/mol. The smallest absolute Gasteiger partial charge is 0.242 e. The molecule has 0 bridgehead atoms. The number of halogens is 2. The molecule has 0 radical (unpaired) electrons. The Hall–Kier alpha value is -1.26. The third-order valence-corrected chi connectivity index (χ3v) is 3.81. The first kappa shape index (κ1) is 14.2. The lowest BCUT2D eigenvalue weighted by atomic mass is 10.1. The molecular formula is C13H14Cl2N2O2. The van der Waals surface area contributed by atoms with E-state index in [4.69, 9.17) is 23.2 Å². The highest BCUT2D eigenvalue weighted by Gasteiger charge is 2.30. The summed E-state index contributed by atoms with van der Waals surface area (Å²) >= 11 is 11.9. The zero-order valence-corrected chi connectivity index (χ0v) is 12.0. The maximum Gasteiger partial charge on any atom is 0.242 e. The van der Waals surface area contributed by atoms with E-state index in [1.807, 2.05) is 6.07 Å². The lowest BCUT2D eigenvalue weighted by Crippen LogP contribution is -2.57. The highest BCUT2D eigenvalue weighted by molar-refractivity contribution is 6.35. The van der Waals surface area contributed by atoms with E-state index < -0.39 is 6.04 Å². The molecule has 6 heteroatoms. The Kier molecular flexibility index (Phi) is 4.32. The molecule has 1 aliphatic rings. The van der Waals surface area contributed by atoms with Gasteiger partial charge in [0.25, 0.3) is 0 Å². The van der Waals surface area contributed by atoms with Gasteiger partial charge in [-0.05, 0) is 31.0 Å². The number of hydrogen-bond donors (Lipinski definition) is 1. The molecule has 1 heterocycles. The molecule has 1 fully saturated rings. The third-order valence-electron chi connectivity index (χ3n) is 3.22. The van der Waals surface area contributed by atoms with Gasteiger partial charge in [0, 0.05) is 16.6 Å². The number of piperazine rings is 1. The van der Waals surface area contributed by atoms with E-state index in [9.17, 15) is 9.59 Å². The first-order valence-corrected chi connectivity index (χ1v) is 6.75. The van der Waals surface area contributed by atoms with Gasteiger partial charge in [-0.3, -0.25) is 9.59 Å². The van der Waals surface area contributed by atoms with E-state index in [1.54, 1.807) is 24.0 Å². The van der Waals surface area contributed by atoms with Crippen molar-refractivity contribution in [1.29, 1.82) is 0 Å². The standard InChI is InChI=1S/C13H14Cl2N2O2/c1-8-13(19)16-7-12(18)17(8)5-4-9-2-3-10(14)6-11(9)15/h2-3,6,8H,4-5,7H2,1H3,(H,16,19). The molecule has 2 rings (SSSR count). The molecule has 4 nitrogen and oxygen atoms in total. The van der Waals surface area contributed by atoms with Gasteiger partial charge in [-0.2, -0.15) is 0 Å². The van der Waals surface area contributed by atoms with Crippen LogP contribution in [0.5, 0.6) is 0 Å². The highest BCUT2D eigenvalue weighted by atomic mass is 35.5. The van der Waals surface area contributed by atoms with Crippen molar-refractivity contribution in [2.45, 2.75) is 19.4 Å². The highest BCUT2D eigenvalue weighted by Crippen LogP contribution is 2.22. The Morgan fingerprint density at radius 2 is 2.11 bits per heavy atom. The fourth-order valence-electron chi connectivity index (χ4n) is 2.05. The molecule has 1 aromatic carbocycles. The van der Waals surface area contributed by atoms with Crippen LogP contribution in [0.4, 0.5) is 0 Å². The summed E-state index contributed by atoms with van der Waals surface area (Å²) in [6.07, 6.45) is 0.597. The predicted octanol–water partition coefficient (Wildman–Crippen LogP) is 1.88. The molecule has 0 aromatic heterocycles. The third kappa shape index (κ3) is 3.19. The van der Waals surface area contributed by atoms with Crippen molar-refractivity contribution in [2.75, 3.05) is 13.1 Å². The summed E-state index contributed by atoms with van der Waals surface area (Å²) in [5.74, 6) is -0.195. The van der Waals surface area contributed by atoms with Crippen LogP contribution in [0, 0.1) is 0 Å². The summed E-state index contributed by atoms with van der Waals surface area (Å²) < 4.78 is 0. The van der Waals surface area contributed by atoms with Gasteiger partial charge < -0.3 is 10.2 Å². The molecule has 1 unspecified atom stereocenters. The van der Waals surface area contributed by atoms with Crippen molar-refractivity contribution in [1.82, 2.24) is 10.2 Å². The van der Waals surface area contributed by atoms with Crippen LogP contribution in [0.3, 0.4) is 0 Å². The second kappa shape index (κ2) is 5.80. The summed E-state index contributed by atoms with van der Waals surface area (Å²) in [7, 11) is 0. The van der Waals surface area contributed by atoms with Crippen molar-refractivity contribution < 1.29 is 9.59 Å². The second-order valence-electron chi connectivity index (χ2n) is 4.47. The number of nitrogens with one attached hydrogen (secondary N) is 1. The minimum atomic E-state index is -0.438. The monoisotopic (exact) mass is 300 g/mol. The van der Waals surface area contributed by atoms with E-state index in [0.29, 0.717) is 23.0 Å². The van der Waals surface area contributed by atoms with E-state index in [1.165, 1.54) is 0 Å². The molecule has 0 spiro atoms. The fourth-order valence-corrected chi connectivity index (χ4v) is 2.56. The van der Waals surface area contributed by atoms with E-state index in [2.05, 4.69) is 5.32 Å². The van der Waals surface area contributed by atoms with Crippen molar-refractivity contribution in [3.63, 3.8) is 0 Å². The van der Waals surface area contributed by atoms with Gasteiger partial charge in [0.2, 0.25) is 11.8 Å². The zero-order valence-electron chi connectivity index (χ0n) is 10.5. The van der Waals surface area contributed by atoms with Crippen molar-refractivity contribution in [2.24, 2.45) is 0 Å². The maximum atomic E-state index is 11.8. The Balaban J connectivity index is 2.04. The normalized spacial score (nSPS) is 19.5. The molecule has 1 aliphatic heterocycles. The number of carbonyl (C=O) groups excluding carboxylic acids is 2. The van der Waals surface area contributed by atoms with Crippen LogP contribution >= 0.6 is 23.2 Å². The van der Waals surface area contributed by atoms with Gasteiger partial charge in [0.05, 0.1) is 6.54 Å². The molecule has 102 valence electrons. The van der Waals surface area contributed by atoms with Crippen LogP contribution in [-0.4, -0.2) is 35.8 Å². The lowest BCUT2D eigenvalue weighted by Gasteiger charge is -2.32. The number of nitrogens with zero attached hydrogens (tertiary/aromatic N) is 1. The minimum Gasteiger partial charge on any atom is -0.345 e. The molecule has 1 atom stereocenters. The molecule has 1 N–H and O–H groups in total. The lowest BCUT2D eigenvalue weighted by molar-refractivity contribution is -0.144. The van der Waals surface area contributed by atoms with Gasteiger partial charge in [-0.25, -0.2) is 0 Å². The van der Waals surface area contributed by atoms with E-state index >= 15 is 0 Å². The summed E-state index contributed by atoms with van der Waals surface area (Å²) in [5, 5.41) is 3.71. The molecule has 0 saturated carbocycles. The average Bonchev–Trinajstić information content (AvgIpc) is 2.36. The van der Waals surface area contributed by atoms with Crippen LogP contribution in [0.15, 0.2) is 18.2 Å². The van der Waals surface area contributed by atoms with Gasteiger partial charge in [-0.1, -0.05) is 29.3 Å². The predicted molar refractivity (Wildman–Crippen MR) is 74.4 cm³/mol. The van der Waals surface area contributed by atoms with E-state index in [-0.39, 0.29) is 18.4 Å². The topological polar surface area (TPSA) is 49.4 Å². The van der Waals surface area contributed by atoms with Crippen LogP contribution in [0.25, 0.3) is 0 Å². The molecule has 2 amide bonds. The number of hydrogen-bond acceptors (Lipinski definition) is 2. The Morgan fingerprint density at radius 1 is 1.37 bits per heavy atom. The largest absolute Gasteiger partial charge is 0.345 e. The van der Waals surface area contributed by atoms with Crippen LogP contribution < -0.4 is 5.32 Å². The van der Waals surface area contributed by atoms with Gasteiger partial charge in [0.15, 0.2) is 0 Å². The maximum absolute atomic E-state index is 11.8. The van der Waals surface area contributed by atoms with Crippen LogP contribution in [0.1, 0.15) is 12.5 Å². The second-order valence-corrected chi connectivity index (χ2v) is 5.31. The summed E-state index contributed by atoms with van der Waals surface area (Å²) in [5.41, 5.74) is 0.914. The number of carbonyl (C=O) groups is 2. The van der Waals surface area contributed by atoms with Crippen molar-refractivity contribution in [3.8, 4) is 0 Å². The first-order valence-electron chi connectivity index (χ1n) is 6.00. The number of amides is 2. The molecule has 0 aliphatic carbocycles. The number of benzene rings is 1. The first-order chi connectivity index (χ1) is 8.99. The van der Waals surface area contributed by atoms with Crippen molar-refractivity contribution >= 4 is 35.0 Å². The summed E-state index contributed by atoms with van der Waals surface area (Å²) in [6.45, 7) is 2.25. The summed E-state index contributed by atoms with van der Waals surface area (Å²) in [6, 6.07) is 4.83. The molecular weight excluding hydrogens is 287 g/mol. The van der Waals surface area contributed by atoms with Crippen molar-refractivity contribution in [3.05, 3.63) is 33.8 Å². The van der Waals surface area contributed by atoms with Crippen LogP contribution in [-0.2, 0) is 16.0 Å². The summed E-state index contributed by atoms with van der Waals surface area (Å²) in [4.78, 5) is 24.9. The molecule has 1 saturated heterocycles. The Labute approximate surface area is 121 Å². The Morgan fingerprint density at radius 3 is 2.79 bits per heavy atom.